The zero-order chi connectivity index (χ0) is 15.5. The molecule has 0 spiro atoms. The SMILES string of the molecule is Cc1ccc(Nc2nc(C)cc(NC3CCCC3)n2)c(Br)c1. The first-order valence-electron chi connectivity index (χ1n) is 7.75. The molecule has 0 unspecified atom stereocenters. The van der Waals surface area contributed by atoms with Gasteiger partial charge in [0.25, 0.3) is 0 Å². The van der Waals surface area contributed by atoms with Crippen molar-refractivity contribution in [1.82, 2.24) is 9.97 Å². The van der Waals surface area contributed by atoms with Crippen molar-refractivity contribution in [3.05, 3.63) is 40.0 Å². The standard InChI is InChI=1S/C17H21BrN4/c1-11-7-8-15(14(18)9-11)21-17-19-12(2)10-16(22-17)20-13-5-3-4-6-13/h7-10,13H,3-6H2,1-2H3,(H2,19,20,21,22). The van der Waals surface area contributed by atoms with Crippen LogP contribution >= 0.6 is 15.9 Å². The normalized spacial score (nSPS) is 15.0. The second-order valence-corrected chi connectivity index (χ2v) is 6.81. The molecule has 5 heteroatoms. The molecule has 1 aromatic carbocycles. The Morgan fingerprint density at radius 2 is 1.86 bits per heavy atom. The minimum atomic E-state index is 0.549. The van der Waals surface area contributed by atoms with E-state index in [9.17, 15) is 0 Å². The predicted molar refractivity (Wildman–Crippen MR) is 94.8 cm³/mol. The Labute approximate surface area is 139 Å². The number of halogens is 1. The molecule has 0 atom stereocenters. The van der Waals surface area contributed by atoms with Gasteiger partial charge >= 0.3 is 0 Å². The lowest BCUT2D eigenvalue weighted by Crippen LogP contribution is -2.16. The van der Waals surface area contributed by atoms with E-state index in [0.717, 1.165) is 21.7 Å². The Morgan fingerprint density at radius 1 is 1.09 bits per heavy atom. The zero-order valence-corrected chi connectivity index (χ0v) is 14.6. The monoisotopic (exact) mass is 360 g/mol. The maximum Gasteiger partial charge on any atom is 0.229 e. The Kier molecular flexibility index (Phi) is 4.62. The van der Waals surface area contributed by atoms with Crippen molar-refractivity contribution in [3.8, 4) is 0 Å². The van der Waals surface area contributed by atoms with Gasteiger partial charge in [0.1, 0.15) is 5.82 Å². The Bertz CT molecular complexity index is 666. The summed E-state index contributed by atoms with van der Waals surface area (Å²) < 4.78 is 1.02. The number of anilines is 3. The molecule has 0 radical (unpaired) electrons. The summed E-state index contributed by atoms with van der Waals surface area (Å²) in [6, 6.07) is 8.74. The lowest BCUT2D eigenvalue weighted by atomic mass is 10.2. The van der Waals surface area contributed by atoms with Gasteiger partial charge in [-0.2, -0.15) is 4.98 Å². The summed E-state index contributed by atoms with van der Waals surface area (Å²) in [6.07, 6.45) is 5.08. The molecule has 0 saturated heterocycles. The van der Waals surface area contributed by atoms with E-state index in [1.54, 1.807) is 0 Å². The van der Waals surface area contributed by atoms with E-state index in [1.165, 1.54) is 31.2 Å². The van der Waals surface area contributed by atoms with Gasteiger partial charge in [-0.05, 0) is 60.3 Å². The van der Waals surface area contributed by atoms with E-state index in [-0.39, 0.29) is 0 Å². The van der Waals surface area contributed by atoms with Crippen molar-refractivity contribution in [1.29, 1.82) is 0 Å². The molecule has 0 aliphatic heterocycles. The van der Waals surface area contributed by atoms with Crippen LogP contribution < -0.4 is 10.6 Å². The Morgan fingerprint density at radius 3 is 2.59 bits per heavy atom. The van der Waals surface area contributed by atoms with Gasteiger partial charge in [-0.3, -0.25) is 0 Å². The molecule has 1 fully saturated rings. The molecule has 1 heterocycles. The first-order chi connectivity index (χ1) is 10.6. The molecular formula is C17H21BrN4. The molecule has 0 bridgehead atoms. The molecule has 1 aromatic heterocycles. The summed E-state index contributed by atoms with van der Waals surface area (Å²) in [5.41, 5.74) is 3.15. The molecule has 1 aliphatic rings. The molecular weight excluding hydrogens is 340 g/mol. The summed E-state index contributed by atoms with van der Waals surface area (Å²) in [7, 11) is 0. The van der Waals surface area contributed by atoms with Crippen LogP contribution in [0.1, 0.15) is 36.9 Å². The molecule has 4 nitrogen and oxygen atoms in total. The quantitative estimate of drug-likeness (QED) is 0.809. The summed E-state index contributed by atoms with van der Waals surface area (Å²) in [4.78, 5) is 9.09. The van der Waals surface area contributed by atoms with Gasteiger partial charge in [-0.15, -0.1) is 0 Å². The number of aryl methyl sites for hydroxylation is 2. The molecule has 2 aromatic rings. The Balaban J connectivity index is 1.79. The molecule has 22 heavy (non-hydrogen) atoms. The van der Waals surface area contributed by atoms with Gasteiger partial charge < -0.3 is 10.6 Å². The van der Waals surface area contributed by atoms with Crippen molar-refractivity contribution < 1.29 is 0 Å². The van der Waals surface area contributed by atoms with Gasteiger partial charge in [0.2, 0.25) is 5.95 Å². The van der Waals surface area contributed by atoms with Gasteiger partial charge in [0, 0.05) is 22.3 Å². The topological polar surface area (TPSA) is 49.8 Å². The van der Waals surface area contributed by atoms with E-state index < -0.39 is 0 Å². The first-order valence-corrected chi connectivity index (χ1v) is 8.55. The van der Waals surface area contributed by atoms with Crippen LogP contribution in [-0.4, -0.2) is 16.0 Å². The van der Waals surface area contributed by atoms with Crippen LogP contribution in [0, 0.1) is 13.8 Å². The fraction of sp³-hybridized carbons (Fsp3) is 0.412. The first kappa shape index (κ1) is 15.3. The summed E-state index contributed by atoms with van der Waals surface area (Å²) >= 11 is 3.58. The van der Waals surface area contributed by atoms with Gasteiger partial charge in [-0.1, -0.05) is 18.9 Å². The number of hydrogen-bond acceptors (Lipinski definition) is 4. The number of hydrogen-bond donors (Lipinski definition) is 2. The zero-order valence-electron chi connectivity index (χ0n) is 13.0. The van der Waals surface area contributed by atoms with Crippen LogP contribution in [0.25, 0.3) is 0 Å². The minimum absolute atomic E-state index is 0.549. The molecule has 116 valence electrons. The highest BCUT2D eigenvalue weighted by atomic mass is 79.9. The fourth-order valence-electron chi connectivity index (χ4n) is 2.82. The van der Waals surface area contributed by atoms with Gasteiger partial charge in [-0.25, -0.2) is 4.98 Å². The van der Waals surface area contributed by atoms with E-state index in [4.69, 9.17) is 0 Å². The third kappa shape index (κ3) is 3.77. The average molecular weight is 361 g/mol. The fourth-order valence-corrected chi connectivity index (χ4v) is 3.41. The van der Waals surface area contributed by atoms with Crippen molar-refractivity contribution >= 4 is 33.4 Å². The van der Waals surface area contributed by atoms with Crippen LogP contribution in [-0.2, 0) is 0 Å². The third-order valence-electron chi connectivity index (χ3n) is 3.93. The number of benzene rings is 1. The second kappa shape index (κ2) is 6.65. The van der Waals surface area contributed by atoms with E-state index in [2.05, 4.69) is 55.6 Å². The van der Waals surface area contributed by atoms with Gasteiger partial charge in [0.15, 0.2) is 0 Å². The van der Waals surface area contributed by atoms with Crippen molar-refractivity contribution in [3.63, 3.8) is 0 Å². The highest BCUT2D eigenvalue weighted by Gasteiger charge is 2.15. The van der Waals surface area contributed by atoms with Crippen LogP contribution in [0.5, 0.6) is 0 Å². The smallest absolute Gasteiger partial charge is 0.229 e. The lowest BCUT2D eigenvalue weighted by molar-refractivity contribution is 0.749. The summed E-state index contributed by atoms with van der Waals surface area (Å²) in [5.74, 6) is 1.54. The molecule has 1 saturated carbocycles. The molecule has 0 amide bonds. The van der Waals surface area contributed by atoms with E-state index >= 15 is 0 Å². The maximum absolute atomic E-state index is 4.60. The number of nitrogens with zero attached hydrogens (tertiary/aromatic N) is 2. The average Bonchev–Trinajstić information content (AvgIpc) is 2.94. The maximum atomic E-state index is 4.60. The van der Waals surface area contributed by atoms with E-state index in [0.29, 0.717) is 12.0 Å². The molecule has 1 aliphatic carbocycles. The highest BCUT2D eigenvalue weighted by Crippen LogP contribution is 2.27. The third-order valence-corrected chi connectivity index (χ3v) is 4.59. The van der Waals surface area contributed by atoms with Crippen LogP contribution in [0.15, 0.2) is 28.7 Å². The summed E-state index contributed by atoms with van der Waals surface area (Å²) in [6.45, 7) is 4.07. The molecule has 2 N–H and O–H groups in total. The lowest BCUT2D eigenvalue weighted by Gasteiger charge is -2.15. The minimum Gasteiger partial charge on any atom is -0.367 e. The highest BCUT2D eigenvalue weighted by molar-refractivity contribution is 9.10. The number of rotatable bonds is 4. The summed E-state index contributed by atoms with van der Waals surface area (Å²) in [5, 5.41) is 6.83. The Hall–Kier alpha value is -1.62. The second-order valence-electron chi connectivity index (χ2n) is 5.95. The van der Waals surface area contributed by atoms with Gasteiger partial charge in [0.05, 0.1) is 5.69 Å². The van der Waals surface area contributed by atoms with Crippen molar-refractivity contribution in [2.75, 3.05) is 10.6 Å². The number of aromatic nitrogens is 2. The van der Waals surface area contributed by atoms with Crippen LogP contribution in [0.4, 0.5) is 17.5 Å². The van der Waals surface area contributed by atoms with Crippen LogP contribution in [0.2, 0.25) is 0 Å². The number of nitrogens with one attached hydrogen (secondary N) is 2. The predicted octanol–water partition coefficient (Wildman–Crippen LogP) is 4.95. The van der Waals surface area contributed by atoms with Crippen molar-refractivity contribution in [2.45, 2.75) is 45.6 Å². The molecule has 3 rings (SSSR count). The van der Waals surface area contributed by atoms with Crippen LogP contribution in [0.3, 0.4) is 0 Å². The van der Waals surface area contributed by atoms with Crippen molar-refractivity contribution in [2.24, 2.45) is 0 Å². The van der Waals surface area contributed by atoms with E-state index in [1.807, 2.05) is 19.1 Å². The largest absolute Gasteiger partial charge is 0.367 e.